The number of benzene rings is 2. The third-order valence-electron chi connectivity index (χ3n) is 3.06. The van der Waals surface area contributed by atoms with Crippen LogP contribution in [0.15, 0.2) is 54.6 Å². The Hall–Kier alpha value is -2.13. The molecule has 0 saturated carbocycles. The van der Waals surface area contributed by atoms with Gasteiger partial charge in [0.2, 0.25) is 5.91 Å². The van der Waals surface area contributed by atoms with Gasteiger partial charge in [-0.2, -0.15) is 0 Å². The van der Waals surface area contributed by atoms with E-state index in [0.717, 1.165) is 5.56 Å². The van der Waals surface area contributed by atoms with Crippen LogP contribution in [0.5, 0.6) is 0 Å². The smallest absolute Gasteiger partial charge is 0.244 e. The van der Waals surface area contributed by atoms with E-state index in [2.05, 4.69) is 5.32 Å². The summed E-state index contributed by atoms with van der Waals surface area (Å²) in [7, 11) is 0. The van der Waals surface area contributed by atoms with Gasteiger partial charge in [-0.25, -0.2) is 4.39 Å². The normalized spacial score (nSPS) is 12.3. The van der Waals surface area contributed by atoms with Gasteiger partial charge in [-0.15, -0.1) is 0 Å². The first kappa shape index (κ1) is 15.3. The van der Waals surface area contributed by atoms with Crippen LogP contribution in [-0.4, -0.2) is 5.91 Å². The van der Waals surface area contributed by atoms with Gasteiger partial charge in [0.1, 0.15) is 5.82 Å². The number of carbonyl (C=O) groups is 1. The fourth-order valence-electron chi connectivity index (χ4n) is 1.92. The van der Waals surface area contributed by atoms with Gasteiger partial charge in [0.15, 0.2) is 0 Å². The first-order chi connectivity index (χ1) is 10.1. The molecule has 0 aliphatic rings. The molecule has 0 saturated heterocycles. The van der Waals surface area contributed by atoms with E-state index in [1.54, 1.807) is 6.07 Å². The largest absolute Gasteiger partial charge is 0.346 e. The van der Waals surface area contributed by atoms with Crippen LogP contribution in [0.4, 0.5) is 4.39 Å². The number of hydrogen-bond acceptors (Lipinski definition) is 1. The summed E-state index contributed by atoms with van der Waals surface area (Å²) in [5.74, 6) is -0.756. The Kier molecular flexibility index (Phi) is 5.12. The molecule has 0 heterocycles. The molecule has 0 bridgehead atoms. The van der Waals surface area contributed by atoms with E-state index >= 15 is 0 Å². The van der Waals surface area contributed by atoms with Crippen molar-refractivity contribution in [1.29, 1.82) is 0 Å². The lowest BCUT2D eigenvalue weighted by Gasteiger charge is -2.12. The Balaban J connectivity index is 2.03. The first-order valence-electron chi connectivity index (χ1n) is 6.55. The molecule has 2 nitrogen and oxygen atoms in total. The van der Waals surface area contributed by atoms with Gasteiger partial charge in [0.25, 0.3) is 0 Å². The van der Waals surface area contributed by atoms with Crippen LogP contribution < -0.4 is 5.32 Å². The molecule has 0 fully saturated rings. The molecule has 1 N–H and O–H groups in total. The molecule has 0 aliphatic carbocycles. The summed E-state index contributed by atoms with van der Waals surface area (Å²) in [5, 5.41) is 3.09. The van der Waals surface area contributed by atoms with Crippen LogP contribution in [0.3, 0.4) is 0 Å². The number of nitrogens with one attached hydrogen (secondary N) is 1. The highest BCUT2D eigenvalue weighted by Crippen LogP contribution is 2.20. The van der Waals surface area contributed by atoms with Crippen LogP contribution in [0, 0.1) is 5.82 Å². The highest BCUT2D eigenvalue weighted by Gasteiger charge is 2.08. The summed E-state index contributed by atoms with van der Waals surface area (Å²) < 4.78 is 13.6. The molecule has 1 unspecified atom stereocenters. The van der Waals surface area contributed by atoms with Crippen molar-refractivity contribution in [3.05, 3.63) is 76.6 Å². The summed E-state index contributed by atoms with van der Waals surface area (Å²) >= 11 is 5.89. The molecule has 2 rings (SSSR count). The lowest BCUT2D eigenvalue weighted by molar-refractivity contribution is -0.117. The summed E-state index contributed by atoms with van der Waals surface area (Å²) in [6.45, 7) is 1.89. The highest BCUT2D eigenvalue weighted by atomic mass is 35.5. The number of rotatable bonds is 4. The second kappa shape index (κ2) is 7.04. The summed E-state index contributed by atoms with van der Waals surface area (Å²) in [4.78, 5) is 11.9. The summed E-state index contributed by atoms with van der Waals surface area (Å²) in [6, 6.07) is 13.9. The molecule has 108 valence electrons. The van der Waals surface area contributed by atoms with Gasteiger partial charge < -0.3 is 5.32 Å². The average Bonchev–Trinajstić information content (AvgIpc) is 2.47. The number of hydrogen-bond donors (Lipinski definition) is 1. The van der Waals surface area contributed by atoms with E-state index in [0.29, 0.717) is 0 Å². The molecule has 0 aromatic heterocycles. The molecule has 2 aromatic rings. The minimum absolute atomic E-state index is 0.126. The molecule has 2 aromatic carbocycles. The van der Waals surface area contributed by atoms with E-state index in [4.69, 9.17) is 11.6 Å². The van der Waals surface area contributed by atoms with Crippen molar-refractivity contribution in [2.45, 2.75) is 13.0 Å². The van der Waals surface area contributed by atoms with Gasteiger partial charge in [-0.3, -0.25) is 4.79 Å². The third-order valence-corrected chi connectivity index (χ3v) is 3.39. The Labute approximate surface area is 128 Å². The van der Waals surface area contributed by atoms with Crippen LogP contribution in [0.2, 0.25) is 5.02 Å². The van der Waals surface area contributed by atoms with Crippen molar-refractivity contribution >= 4 is 23.6 Å². The maximum Gasteiger partial charge on any atom is 0.244 e. The number of amides is 1. The summed E-state index contributed by atoms with van der Waals surface area (Å²) in [6.07, 6.45) is 2.66. The zero-order chi connectivity index (χ0) is 15.2. The Morgan fingerprint density at radius 2 is 1.90 bits per heavy atom. The lowest BCUT2D eigenvalue weighted by Crippen LogP contribution is -2.24. The third kappa shape index (κ3) is 4.17. The summed E-state index contributed by atoms with van der Waals surface area (Å²) in [5.41, 5.74) is 1.21. The maximum absolute atomic E-state index is 13.6. The van der Waals surface area contributed by atoms with Gasteiger partial charge in [-0.05, 0) is 30.7 Å². The quantitative estimate of drug-likeness (QED) is 0.835. The molecule has 0 aliphatic heterocycles. The van der Waals surface area contributed by atoms with Gasteiger partial charge in [0.05, 0.1) is 11.1 Å². The van der Waals surface area contributed by atoms with E-state index in [1.807, 2.05) is 37.3 Å². The van der Waals surface area contributed by atoms with Gasteiger partial charge in [-0.1, -0.05) is 48.0 Å². The van der Waals surface area contributed by atoms with E-state index in [9.17, 15) is 9.18 Å². The van der Waals surface area contributed by atoms with Crippen molar-refractivity contribution < 1.29 is 9.18 Å². The minimum atomic E-state index is -0.456. The average molecular weight is 304 g/mol. The molecule has 0 spiro atoms. The lowest BCUT2D eigenvalue weighted by atomic mass is 10.1. The van der Waals surface area contributed by atoms with Crippen molar-refractivity contribution in [3.63, 3.8) is 0 Å². The Morgan fingerprint density at radius 1 is 1.19 bits per heavy atom. The van der Waals surface area contributed by atoms with Crippen molar-refractivity contribution in [1.82, 2.24) is 5.32 Å². The predicted octanol–water partition coefficient (Wildman–Crippen LogP) is 4.37. The number of carbonyl (C=O) groups excluding carboxylic acids is 1. The second-order valence-electron chi connectivity index (χ2n) is 4.61. The zero-order valence-electron chi connectivity index (χ0n) is 11.5. The molecule has 21 heavy (non-hydrogen) atoms. The molecule has 1 amide bonds. The van der Waals surface area contributed by atoms with Crippen LogP contribution in [0.1, 0.15) is 24.1 Å². The van der Waals surface area contributed by atoms with E-state index in [-0.39, 0.29) is 22.5 Å². The molecule has 0 radical (unpaired) electrons. The standard InChI is InChI=1S/C17H15ClFNO/c1-12(13-6-3-2-4-7-13)20-17(21)11-10-14-15(18)8-5-9-16(14)19/h2-12H,1H3,(H,20,21). The van der Waals surface area contributed by atoms with Crippen molar-refractivity contribution in [3.8, 4) is 0 Å². The van der Waals surface area contributed by atoms with Crippen LogP contribution in [-0.2, 0) is 4.79 Å². The minimum Gasteiger partial charge on any atom is -0.346 e. The maximum atomic E-state index is 13.6. The Morgan fingerprint density at radius 3 is 2.57 bits per heavy atom. The van der Waals surface area contributed by atoms with Gasteiger partial charge >= 0.3 is 0 Å². The first-order valence-corrected chi connectivity index (χ1v) is 6.93. The topological polar surface area (TPSA) is 29.1 Å². The monoisotopic (exact) mass is 303 g/mol. The molecular weight excluding hydrogens is 289 g/mol. The van der Waals surface area contributed by atoms with E-state index < -0.39 is 5.82 Å². The second-order valence-corrected chi connectivity index (χ2v) is 5.02. The van der Waals surface area contributed by atoms with Crippen LogP contribution in [0.25, 0.3) is 6.08 Å². The SMILES string of the molecule is CC(NC(=O)C=Cc1c(F)cccc1Cl)c1ccccc1. The fourth-order valence-corrected chi connectivity index (χ4v) is 2.14. The van der Waals surface area contributed by atoms with Crippen LogP contribution >= 0.6 is 11.6 Å². The van der Waals surface area contributed by atoms with Crippen molar-refractivity contribution in [2.75, 3.05) is 0 Å². The predicted molar refractivity (Wildman–Crippen MR) is 83.4 cm³/mol. The molecular formula is C17H15ClFNO. The Bertz CT molecular complexity index is 635. The zero-order valence-corrected chi connectivity index (χ0v) is 12.3. The molecule has 4 heteroatoms. The fraction of sp³-hybridized carbons (Fsp3) is 0.118. The number of halogens is 2. The highest BCUT2D eigenvalue weighted by molar-refractivity contribution is 6.32. The van der Waals surface area contributed by atoms with Gasteiger partial charge in [0, 0.05) is 11.6 Å². The molecule has 1 atom stereocenters. The van der Waals surface area contributed by atoms with E-state index in [1.165, 1.54) is 24.3 Å². The van der Waals surface area contributed by atoms with Crippen molar-refractivity contribution in [2.24, 2.45) is 0 Å².